The number of imidazole rings is 1. The highest BCUT2D eigenvalue weighted by Crippen LogP contribution is 2.41. The first-order chi connectivity index (χ1) is 12.2. The fourth-order valence-electron chi connectivity index (χ4n) is 2.67. The second-order valence-corrected chi connectivity index (χ2v) is 7.01. The highest BCUT2D eigenvalue weighted by Gasteiger charge is 2.21. The monoisotopic (exact) mass is 367 g/mol. The molecule has 25 heavy (non-hydrogen) atoms. The van der Waals surface area contributed by atoms with E-state index in [0.717, 1.165) is 32.3 Å². The number of hydrogen-bond donors (Lipinski definition) is 2. The van der Waals surface area contributed by atoms with Gasteiger partial charge in [0.05, 0.1) is 4.88 Å². The van der Waals surface area contributed by atoms with Gasteiger partial charge in [-0.25, -0.2) is 4.98 Å². The molecule has 0 saturated heterocycles. The predicted octanol–water partition coefficient (Wildman–Crippen LogP) is 4.94. The number of H-pyrrole nitrogens is 1. The molecule has 0 aliphatic heterocycles. The van der Waals surface area contributed by atoms with Crippen LogP contribution in [0, 0.1) is 0 Å². The Balaban J connectivity index is 1.82. The Hall–Kier alpha value is -2.47. The number of aliphatic hydroxyl groups is 1. The average molecular weight is 368 g/mol. The highest BCUT2D eigenvalue weighted by molar-refractivity contribution is 7.19. The molecule has 4 aromatic rings. The van der Waals surface area contributed by atoms with Gasteiger partial charge in [0.15, 0.2) is 0 Å². The Morgan fingerprint density at radius 3 is 2.48 bits per heavy atom. The van der Waals surface area contributed by atoms with Gasteiger partial charge in [0, 0.05) is 40.3 Å². The maximum Gasteiger partial charge on any atom is 0.147 e. The van der Waals surface area contributed by atoms with Crippen molar-refractivity contribution in [3.8, 4) is 21.1 Å². The minimum Gasteiger partial charge on any atom is -0.384 e. The van der Waals surface area contributed by atoms with Crippen LogP contribution in [0.25, 0.3) is 21.1 Å². The van der Waals surface area contributed by atoms with Crippen molar-refractivity contribution in [2.24, 2.45) is 0 Å². The second kappa shape index (κ2) is 6.80. The Kier molecular flexibility index (Phi) is 4.36. The molecular weight excluding hydrogens is 354 g/mol. The van der Waals surface area contributed by atoms with Crippen molar-refractivity contribution in [2.75, 3.05) is 0 Å². The molecule has 124 valence electrons. The molecule has 4 nitrogen and oxygen atoms in total. The maximum absolute atomic E-state index is 10.9. The second-order valence-electron chi connectivity index (χ2n) is 5.52. The lowest BCUT2D eigenvalue weighted by Gasteiger charge is -2.11. The Labute approximate surface area is 153 Å². The van der Waals surface area contributed by atoms with Gasteiger partial charge in [-0.15, -0.1) is 11.3 Å². The summed E-state index contributed by atoms with van der Waals surface area (Å²) in [5.74, 6) is 0.744. The van der Waals surface area contributed by atoms with Crippen LogP contribution >= 0.6 is 22.9 Å². The summed E-state index contributed by atoms with van der Waals surface area (Å²) < 4.78 is 0. The van der Waals surface area contributed by atoms with Gasteiger partial charge in [-0.1, -0.05) is 23.7 Å². The van der Waals surface area contributed by atoms with E-state index in [1.165, 1.54) is 0 Å². The number of aromatic amines is 1. The summed E-state index contributed by atoms with van der Waals surface area (Å²) in [6, 6.07) is 13.2. The topological polar surface area (TPSA) is 61.8 Å². The van der Waals surface area contributed by atoms with Gasteiger partial charge in [-0.05, 0) is 41.5 Å². The highest BCUT2D eigenvalue weighted by atomic mass is 35.5. The summed E-state index contributed by atoms with van der Waals surface area (Å²) in [6.45, 7) is 0. The number of nitrogens with zero attached hydrogens (tertiary/aromatic N) is 2. The molecule has 4 rings (SSSR count). The third kappa shape index (κ3) is 3.22. The summed E-state index contributed by atoms with van der Waals surface area (Å²) in [5, 5.41) is 11.6. The minimum absolute atomic E-state index is 0.644. The smallest absolute Gasteiger partial charge is 0.147 e. The van der Waals surface area contributed by atoms with E-state index < -0.39 is 6.10 Å². The molecule has 1 atom stereocenters. The lowest BCUT2D eigenvalue weighted by molar-refractivity contribution is 0.221. The van der Waals surface area contributed by atoms with Gasteiger partial charge in [0.25, 0.3) is 0 Å². The molecule has 0 bridgehead atoms. The van der Waals surface area contributed by atoms with Crippen molar-refractivity contribution >= 4 is 22.9 Å². The number of pyridine rings is 1. The van der Waals surface area contributed by atoms with E-state index in [0.29, 0.717) is 5.02 Å². The fourth-order valence-corrected chi connectivity index (χ4v) is 3.95. The lowest BCUT2D eigenvalue weighted by atomic mass is 10.0. The molecule has 1 aromatic carbocycles. The van der Waals surface area contributed by atoms with Crippen LogP contribution in [0.4, 0.5) is 0 Å². The van der Waals surface area contributed by atoms with Gasteiger partial charge >= 0.3 is 0 Å². The van der Waals surface area contributed by atoms with E-state index in [1.807, 2.05) is 30.3 Å². The van der Waals surface area contributed by atoms with Crippen molar-refractivity contribution in [3.05, 3.63) is 83.4 Å². The van der Waals surface area contributed by atoms with E-state index >= 15 is 0 Å². The SMILES string of the molecule is OC(c1ccc(Cl)cc1)c1cc(-c2ccncc2)sc1-c1ncc[nH]1. The van der Waals surface area contributed by atoms with Crippen LogP contribution in [0.3, 0.4) is 0 Å². The normalized spacial score (nSPS) is 12.2. The third-order valence-corrected chi connectivity index (χ3v) is 5.38. The molecule has 0 amide bonds. The van der Waals surface area contributed by atoms with Crippen LogP contribution in [-0.2, 0) is 0 Å². The Bertz CT molecular complexity index is 966. The number of halogens is 1. The number of hydrogen-bond acceptors (Lipinski definition) is 4. The third-order valence-electron chi connectivity index (χ3n) is 3.92. The van der Waals surface area contributed by atoms with Gasteiger partial charge in [-0.3, -0.25) is 4.98 Å². The Morgan fingerprint density at radius 1 is 1.04 bits per heavy atom. The predicted molar refractivity (Wildman–Crippen MR) is 101 cm³/mol. The minimum atomic E-state index is -0.760. The van der Waals surface area contributed by atoms with Crippen LogP contribution in [0.5, 0.6) is 0 Å². The molecule has 2 N–H and O–H groups in total. The number of aliphatic hydroxyl groups excluding tert-OH is 1. The molecular formula is C19H14ClN3OS. The molecule has 0 saturated carbocycles. The van der Waals surface area contributed by atoms with Gasteiger partial charge in [-0.2, -0.15) is 0 Å². The quantitative estimate of drug-likeness (QED) is 0.537. The van der Waals surface area contributed by atoms with Crippen molar-refractivity contribution in [1.29, 1.82) is 0 Å². The van der Waals surface area contributed by atoms with Crippen molar-refractivity contribution in [1.82, 2.24) is 15.0 Å². The molecule has 0 fully saturated rings. The maximum atomic E-state index is 10.9. The number of benzene rings is 1. The van der Waals surface area contributed by atoms with Gasteiger partial charge in [0.1, 0.15) is 11.9 Å². The van der Waals surface area contributed by atoms with E-state index in [-0.39, 0.29) is 0 Å². The average Bonchev–Trinajstić information content (AvgIpc) is 3.32. The number of nitrogens with one attached hydrogen (secondary N) is 1. The first kappa shape index (κ1) is 16.0. The Morgan fingerprint density at radius 2 is 1.80 bits per heavy atom. The van der Waals surface area contributed by atoms with Crippen molar-refractivity contribution < 1.29 is 5.11 Å². The number of thiophene rings is 1. The lowest BCUT2D eigenvalue weighted by Crippen LogP contribution is -1.99. The molecule has 0 aliphatic rings. The molecule has 3 aromatic heterocycles. The number of aromatic nitrogens is 3. The summed E-state index contributed by atoms with van der Waals surface area (Å²) in [7, 11) is 0. The van der Waals surface area contributed by atoms with Crippen LogP contribution in [0.2, 0.25) is 5.02 Å². The van der Waals surface area contributed by atoms with Gasteiger partial charge in [0.2, 0.25) is 0 Å². The summed E-state index contributed by atoms with van der Waals surface area (Å²) >= 11 is 7.55. The molecule has 6 heteroatoms. The number of rotatable bonds is 4. The zero-order valence-electron chi connectivity index (χ0n) is 13.1. The van der Waals surface area contributed by atoms with Crippen molar-refractivity contribution in [2.45, 2.75) is 6.10 Å². The molecule has 3 heterocycles. The molecule has 0 aliphatic carbocycles. The van der Waals surface area contributed by atoms with Gasteiger partial charge < -0.3 is 10.1 Å². The van der Waals surface area contributed by atoms with Crippen LogP contribution < -0.4 is 0 Å². The van der Waals surface area contributed by atoms with Crippen LogP contribution in [-0.4, -0.2) is 20.1 Å². The zero-order valence-corrected chi connectivity index (χ0v) is 14.6. The van der Waals surface area contributed by atoms with E-state index in [4.69, 9.17) is 11.6 Å². The largest absolute Gasteiger partial charge is 0.384 e. The van der Waals surface area contributed by atoms with Crippen molar-refractivity contribution in [3.63, 3.8) is 0 Å². The summed E-state index contributed by atoms with van der Waals surface area (Å²) in [6.07, 6.45) is 6.25. The van der Waals surface area contributed by atoms with E-state index in [1.54, 1.807) is 48.3 Å². The molecule has 1 unspecified atom stereocenters. The fraction of sp³-hybridized carbons (Fsp3) is 0.0526. The van der Waals surface area contributed by atoms with E-state index in [2.05, 4.69) is 15.0 Å². The molecule has 0 radical (unpaired) electrons. The first-order valence-electron chi connectivity index (χ1n) is 7.70. The molecule has 0 spiro atoms. The summed E-state index contributed by atoms with van der Waals surface area (Å²) in [5.41, 5.74) is 2.66. The zero-order chi connectivity index (χ0) is 17.2. The van der Waals surface area contributed by atoms with E-state index in [9.17, 15) is 5.11 Å². The van der Waals surface area contributed by atoms with Crippen LogP contribution in [0.1, 0.15) is 17.2 Å². The summed E-state index contributed by atoms with van der Waals surface area (Å²) in [4.78, 5) is 13.5. The first-order valence-corrected chi connectivity index (χ1v) is 8.89. The van der Waals surface area contributed by atoms with Crippen LogP contribution in [0.15, 0.2) is 67.3 Å². The standard InChI is InChI=1S/C19H14ClN3OS/c20-14-3-1-13(2-4-14)17(24)15-11-16(12-5-7-21-8-6-12)25-18(15)19-22-9-10-23-19/h1-11,17,24H,(H,22,23).